The number of para-hydroxylation sites is 1. The average molecular weight is 373 g/mol. The zero-order valence-corrected chi connectivity index (χ0v) is 17.3. The fourth-order valence-electron chi connectivity index (χ4n) is 4.20. The van der Waals surface area contributed by atoms with Crippen LogP contribution in [0.5, 0.6) is 5.75 Å². The van der Waals surface area contributed by atoms with Gasteiger partial charge in [-0.2, -0.15) is 0 Å². The Morgan fingerprint density at radius 3 is 2.74 bits per heavy atom. The third-order valence-corrected chi connectivity index (χ3v) is 5.73. The molecule has 2 fully saturated rings. The van der Waals surface area contributed by atoms with E-state index in [-0.39, 0.29) is 6.10 Å². The summed E-state index contributed by atoms with van der Waals surface area (Å²) >= 11 is 0. The van der Waals surface area contributed by atoms with Gasteiger partial charge < -0.3 is 19.9 Å². The molecule has 3 rings (SSSR count). The van der Waals surface area contributed by atoms with E-state index in [2.05, 4.69) is 40.0 Å². The molecule has 0 radical (unpaired) electrons. The summed E-state index contributed by atoms with van der Waals surface area (Å²) < 4.78 is 6.08. The van der Waals surface area contributed by atoms with Crippen molar-refractivity contribution in [1.29, 1.82) is 0 Å². The first-order valence-electron chi connectivity index (χ1n) is 10.6. The Kier molecular flexibility index (Phi) is 7.39. The fourth-order valence-corrected chi connectivity index (χ4v) is 4.20. The van der Waals surface area contributed by atoms with Gasteiger partial charge in [0.2, 0.25) is 0 Å². The highest BCUT2D eigenvalue weighted by atomic mass is 16.5. The maximum atomic E-state index is 6.08. The molecule has 0 bridgehead atoms. The minimum Gasteiger partial charge on any atom is -0.489 e. The van der Waals surface area contributed by atoms with E-state index in [0.717, 1.165) is 37.3 Å². The highest BCUT2D eigenvalue weighted by molar-refractivity contribution is 5.80. The van der Waals surface area contributed by atoms with Gasteiger partial charge in [0, 0.05) is 26.7 Å². The monoisotopic (exact) mass is 372 g/mol. The second-order valence-corrected chi connectivity index (χ2v) is 8.08. The van der Waals surface area contributed by atoms with E-state index in [1.54, 1.807) is 0 Å². The summed E-state index contributed by atoms with van der Waals surface area (Å²) in [6, 6.07) is 8.18. The summed E-state index contributed by atoms with van der Waals surface area (Å²) in [5.41, 5.74) is 1.17. The first-order valence-corrected chi connectivity index (χ1v) is 10.6. The lowest BCUT2D eigenvalue weighted by Gasteiger charge is -2.29. The number of ether oxygens (including phenoxy) is 1. The molecule has 2 atom stereocenters. The Balaban J connectivity index is 1.43. The molecule has 2 saturated heterocycles. The van der Waals surface area contributed by atoms with Crippen LogP contribution in [0.3, 0.4) is 0 Å². The largest absolute Gasteiger partial charge is 0.489 e. The number of aryl methyl sites for hydroxylation is 1. The van der Waals surface area contributed by atoms with Gasteiger partial charge in [0.15, 0.2) is 5.96 Å². The number of likely N-dealkylation sites (tertiary alicyclic amines) is 2. The lowest BCUT2D eigenvalue weighted by Crippen LogP contribution is -2.44. The van der Waals surface area contributed by atoms with Gasteiger partial charge >= 0.3 is 0 Å². The molecule has 0 aliphatic carbocycles. The number of guanidine groups is 1. The molecule has 2 heterocycles. The SMILES string of the molecule is CN=C(NCC(C)Oc1ccccc1C)N1CCC(CN2CCCCC2)C1. The Morgan fingerprint density at radius 2 is 2.00 bits per heavy atom. The van der Waals surface area contributed by atoms with Crippen molar-refractivity contribution >= 4 is 5.96 Å². The van der Waals surface area contributed by atoms with Gasteiger partial charge in [-0.05, 0) is 63.7 Å². The molecule has 2 aliphatic rings. The number of piperidine rings is 1. The second-order valence-electron chi connectivity index (χ2n) is 8.08. The topological polar surface area (TPSA) is 40.1 Å². The van der Waals surface area contributed by atoms with Crippen molar-refractivity contribution in [3.63, 3.8) is 0 Å². The predicted molar refractivity (Wildman–Crippen MR) is 113 cm³/mol. The molecule has 2 aliphatic heterocycles. The van der Waals surface area contributed by atoms with E-state index in [4.69, 9.17) is 4.74 Å². The van der Waals surface area contributed by atoms with Crippen molar-refractivity contribution in [2.24, 2.45) is 10.9 Å². The average Bonchev–Trinajstić information content (AvgIpc) is 3.13. The molecular formula is C22H36N4O. The van der Waals surface area contributed by atoms with Crippen molar-refractivity contribution in [2.75, 3.05) is 46.3 Å². The number of hydrogen-bond acceptors (Lipinski definition) is 3. The van der Waals surface area contributed by atoms with Crippen molar-refractivity contribution in [3.05, 3.63) is 29.8 Å². The highest BCUT2D eigenvalue weighted by Gasteiger charge is 2.27. The Morgan fingerprint density at radius 1 is 1.22 bits per heavy atom. The van der Waals surface area contributed by atoms with Gasteiger partial charge in [0.1, 0.15) is 11.9 Å². The summed E-state index contributed by atoms with van der Waals surface area (Å²) in [5, 5.41) is 3.51. The van der Waals surface area contributed by atoms with Crippen LogP contribution in [-0.4, -0.2) is 68.2 Å². The van der Waals surface area contributed by atoms with Crippen LogP contribution in [0.4, 0.5) is 0 Å². The number of rotatable bonds is 6. The molecule has 5 nitrogen and oxygen atoms in total. The maximum Gasteiger partial charge on any atom is 0.193 e. The number of aliphatic imine (C=N–C) groups is 1. The van der Waals surface area contributed by atoms with Crippen LogP contribution < -0.4 is 10.1 Å². The summed E-state index contributed by atoms with van der Waals surface area (Å²) in [4.78, 5) is 9.58. The van der Waals surface area contributed by atoms with Crippen molar-refractivity contribution < 1.29 is 4.74 Å². The van der Waals surface area contributed by atoms with Crippen molar-refractivity contribution in [3.8, 4) is 5.75 Å². The van der Waals surface area contributed by atoms with E-state index in [0.29, 0.717) is 0 Å². The molecule has 1 N–H and O–H groups in total. The Hall–Kier alpha value is -1.75. The third-order valence-electron chi connectivity index (χ3n) is 5.73. The fraction of sp³-hybridized carbons (Fsp3) is 0.682. The van der Waals surface area contributed by atoms with Gasteiger partial charge in [0.05, 0.1) is 6.54 Å². The molecule has 5 heteroatoms. The van der Waals surface area contributed by atoms with E-state index < -0.39 is 0 Å². The van der Waals surface area contributed by atoms with Crippen LogP contribution in [0.2, 0.25) is 0 Å². The normalized spacial score (nSPS) is 22.7. The third kappa shape index (κ3) is 5.86. The van der Waals surface area contributed by atoms with Gasteiger partial charge in [-0.25, -0.2) is 0 Å². The van der Waals surface area contributed by atoms with Gasteiger partial charge in [-0.3, -0.25) is 4.99 Å². The first-order chi connectivity index (χ1) is 13.2. The molecule has 0 saturated carbocycles. The van der Waals surface area contributed by atoms with Crippen LogP contribution in [-0.2, 0) is 0 Å². The molecule has 0 spiro atoms. The molecule has 2 unspecified atom stereocenters. The maximum absolute atomic E-state index is 6.08. The smallest absolute Gasteiger partial charge is 0.193 e. The number of hydrogen-bond donors (Lipinski definition) is 1. The summed E-state index contributed by atoms with van der Waals surface area (Å²) in [6.45, 7) is 11.0. The Bertz CT molecular complexity index is 612. The highest BCUT2D eigenvalue weighted by Crippen LogP contribution is 2.20. The number of benzene rings is 1. The van der Waals surface area contributed by atoms with E-state index in [9.17, 15) is 0 Å². The molecule has 27 heavy (non-hydrogen) atoms. The first kappa shape index (κ1) is 20.0. The second kappa shape index (κ2) is 9.98. The van der Waals surface area contributed by atoms with Crippen molar-refractivity contribution in [1.82, 2.24) is 15.1 Å². The molecule has 1 aromatic rings. The Labute approximate surface area is 164 Å². The minimum absolute atomic E-state index is 0.0922. The van der Waals surface area contributed by atoms with Crippen LogP contribution in [0.15, 0.2) is 29.3 Å². The summed E-state index contributed by atoms with van der Waals surface area (Å²) in [6.07, 6.45) is 5.52. The number of nitrogens with zero attached hydrogens (tertiary/aromatic N) is 3. The van der Waals surface area contributed by atoms with Crippen LogP contribution >= 0.6 is 0 Å². The van der Waals surface area contributed by atoms with Gasteiger partial charge in [-0.1, -0.05) is 24.6 Å². The zero-order chi connectivity index (χ0) is 19.1. The predicted octanol–water partition coefficient (Wildman–Crippen LogP) is 3.15. The van der Waals surface area contributed by atoms with Gasteiger partial charge in [-0.15, -0.1) is 0 Å². The molecule has 150 valence electrons. The van der Waals surface area contributed by atoms with Crippen LogP contribution in [0.1, 0.15) is 38.2 Å². The van der Waals surface area contributed by atoms with Gasteiger partial charge in [0.25, 0.3) is 0 Å². The standard InChI is InChI=1S/C22H36N4O/c1-18-9-5-6-10-21(18)27-19(2)15-24-22(23-3)26-14-11-20(17-26)16-25-12-7-4-8-13-25/h5-6,9-10,19-20H,4,7-8,11-17H2,1-3H3,(H,23,24). The zero-order valence-electron chi connectivity index (χ0n) is 17.3. The van der Waals surface area contributed by atoms with Crippen molar-refractivity contribution in [2.45, 2.75) is 45.6 Å². The lowest BCUT2D eigenvalue weighted by atomic mass is 10.1. The molecular weight excluding hydrogens is 336 g/mol. The summed E-state index contributed by atoms with van der Waals surface area (Å²) in [7, 11) is 1.88. The van der Waals surface area contributed by atoms with Crippen LogP contribution in [0, 0.1) is 12.8 Å². The summed E-state index contributed by atoms with van der Waals surface area (Å²) in [5.74, 6) is 2.74. The molecule has 0 aromatic heterocycles. The van der Waals surface area contributed by atoms with E-state index >= 15 is 0 Å². The lowest BCUT2D eigenvalue weighted by molar-refractivity contribution is 0.197. The van der Waals surface area contributed by atoms with E-state index in [1.165, 1.54) is 50.9 Å². The minimum atomic E-state index is 0.0922. The molecule has 0 amide bonds. The number of nitrogens with one attached hydrogen (secondary N) is 1. The van der Waals surface area contributed by atoms with E-state index in [1.807, 2.05) is 25.2 Å². The molecule has 1 aromatic carbocycles. The quantitative estimate of drug-likeness (QED) is 0.615. The van der Waals surface area contributed by atoms with Crippen LogP contribution in [0.25, 0.3) is 0 Å².